The van der Waals surface area contributed by atoms with Crippen LogP contribution in [0.5, 0.6) is 5.88 Å². The fraction of sp³-hybridized carbons (Fsp3) is 0.440. The van der Waals surface area contributed by atoms with E-state index in [4.69, 9.17) is 4.74 Å². The Morgan fingerprint density at radius 1 is 1.09 bits per heavy atom. The van der Waals surface area contributed by atoms with Gasteiger partial charge in [0.05, 0.1) is 19.0 Å². The topological polar surface area (TPSA) is 92.6 Å². The van der Waals surface area contributed by atoms with Crippen molar-refractivity contribution in [3.8, 4) is 5.88 Å². The molecule has 0 atom stereocenters. The third kappa shape index (κ3) is 4.83. The molecular formula is C25H32N6O3. The summed E-state index contributed by atoms with van der Waals surface area (Å²) in [6.45, 7) is 6.85. The Labute approximate surface area is 199 Å². The van der Waals surface area contributed by atoms with Gasteiger partial charge in [0.1, 0.15) is 0 Å². The third-order valence-electron chi connectivity index (χ3n) is 6.51. The number of carbonyl (C=O) groups is 2. The highest BCUT2D eigenvalue weighted by Gasteiger charge is 2.22. The van der Waals surface area contributed by atoms with Crippen LogP contribution in [-0.4, -0.2) is 71.3 Å². The Hall–Kier alpha value is -3.62. The lowest BCUT2D eigenvalue weighted by atomic mass is 10.00. The Bertz CT molecular complexity index is 1180. The molecule has 0 spiro atoms. The number of pyridine rings is 1. The third-order valence-corrected chi connectivity index (χ3v) is 6.51. The maximum atomic E-state index is 12.6. The Morgan fingerprint density at radius 2 is 1.79 bits per heavy atom. The smallest absolute Gasteiger partial charge is 0.242 e. The van der Waals surface area contributed by atoms with Crippen LogP contribution < -0.4 is 15.0 Å². The van der Waals surface area contributed by atoms with Gasteiger partial charge in [0.2, 0.25) is 17.7 Å². The van der Waals surface area contributed by atoms with E-state index in [0.717, 1.165) is 40.9 Å². The SMILES string of the molecule is COc1nn(C)c2nc(C)c(CCC(=O)NCC(=O)N3CCN(c4ccccc4)CC3)c(C)c12. The van der Waals surface area contributed by atoms with Crippen molar-refractivity contribution in [2.45, 2.75) is 26.7 Å². The molecule has 2 amide bonds. The van der Waals surface area contributed by atoms with E-state index in [2.05, 4.69) is 32.4 Å². The molecule has 9 nitrogen and oxygen atoms in total. The number of ether oxygens (including phenoxy) is 1. The van der Waals surface area contributed by atoms with Crippen LogP contribution in [0.4, 0.5) is 5.69 Å². The first-order valence-corrected chi connectivity index (χ1v) is 11.6. The van der Waals surface area contributed by atoms with Gasteiger partial charge in [-0.2, -0.15) is 0 Å². The average molecular weight is 465 g/mol. The van der Waals surface area contributed by atoms with Crippen LogP contribution in [0, 0.1) is 13.8 Å². The average Bonchev–Trinajstić information content (AvgIpc) is 3.18. The number of methoxy groups -OCH3 is 1. The molecule has 1 saturated heterocycles. The predicted molar refractivity (Wildman–Crippen MR) is 131 cm³/mol. The van der Waals surface area contributed by atoms with Gasteiger partial charge in [0.25, 0.3) is 0 Å². The highest BCUT2D eigenvalue weighted by molar-refractivity contribution is 5.87. The molecule has 3 aromatic rings. The minimum absolute atomic E-state index is 0.0237. The van der Waals surface area contributed by atoms with Crippen molar-refractivity contribution in [3.63, 3.8) is 0 Å². The second kappa shape index (κ2) is 10.1. The molecule has 0 unspecified atom stereocenters. The number of aromatic nitrogens is 3. The van der Waals surface area contributed by atoms with Gasteiger partial charge < -0.3 is 19.9 Å². The second-order valence-electron chi connectivity index (χ2n) is 8.61. The van der Waals surface area contributed by atoms with E-state index >= 15 is 0 Å². The van der Waals surface area contributed by atoms with E-state index in [1.807, 2.05) is 44.0 Å². The molecule has 4 rings (SSSR count). The molecule has 0 aliphatic carbocycles. The summed E-state index contributed by atoms with van der Waals surface area (Å²) < 4.78 is 7.11. The first kappa shape index (κ1) is 23.5. The fourth-order valence-electron chi connectivity index (χ4n) is 4.57. The highest BCUT2D eigenvalue weighted by Crippen LogP contribution is 2.30. The minimum Gasteiger partial charge on any atom is -0.479 e. The number of rotatable bonds is 7. The largest absolute Gasteiger partial charge is 0.479 e. The van der Waals surface area contributed by atoms with Gasteiger partial charge in [-0.25, -0.2) is 9.67 Å². The molecule has 0 saturated carbocycles. The summed E-state index contributed by atoms with van der Waals surface area (Å²) in [4.78, 5) is 33.9. The number of amides is 2. The first-order chi connectivity index (χ1) is 16.4. The number of aryl methyl sites for hydroxylation is 3. The van der Waals surface area contributed by atoms with Crippen LogP contribution in [0.15, 0.2) is 30.3 Å². The molecule has 180 valence electrons. The van der Waals surface area contributed by atoms with Gasteiger partial charge in [0, 0.05) is 51.0 Å². The maximum absolute atomic E-state index is 12.6. The van der Waals surface area contributed by atoms with Gasteiger partial charge in [-0.05, 0) is 43.5 Å². The van der Waals surface area contributed by atoms with Crippen molar-refractivity contribution < 1.29 is 14.3 Å². The summed E-state index contributed by atoms with van der Waals surface area (Å²) in [7, 11) is 3.43. The number of hydrogen-bond donors (Lipinski definition) is 1. The summed E-state index contributed by atoms with van der Waals surface area (Å²) in [5.74, 6) is 0.344. The van der Waals surface area contributed by atoms with Crippen molar-refractivity contribution in [1.82, 2.24) is 25.0 Å². The lowest BCUT2D eigenvalue weighted by Gasteiger charge is -2.36. The predicted octanol–water partition coefficient (Wildman–Crippen LogP) is 1.99. The fourth-order valence-corrected chi connectivity index (χ4v) is 4.57. The number of benzene rings is 1. The number of piperazine rings is 1. The monoisotopic (exact) mass is 464 g/mol. The van der Waals surface area contributed by atoms with Gasteiger partial charge in [-0.1, -0.05) is 18.2 Å². The Kier molecular flexibility index (Phi) is 7.00. The molecule has 1 N–H and O–H groups in total. The summed E-state index contributed by atoms with van der Waals surface area (Å²) >= 11 is 0. The van der Waals surface area contributed by atoms with Gasteiger partial charge in [-0.15, -0.1) is 5.10 Å². The molecule has 1 aromatic carbocycles. The summed E-state index contributed by atoms with van der Waals surface area (Å²) in [6, 6.07) is 10.2. The maximum Gasteiger partial charge on any atom is 0.242 e. The van der Waals surface area contributed by atoms with Crippen LogP contribution >= 0.6 is 0 Å². The van der Waals surface area contributed by atoms with Gasteiger partial charge in [-0.3, -0.25) is 9.59 Å². The second-order valence-corrected chi connectivity index (χ2v) is 8.61. The van der Waals surface area contributed by atoms with Crippen molar-refractivity contribution in [2.75, 3.05) is 44.7 Å². The molecule has 2 aromatic heterocycles. The summed E-state index contributed by atoms with van der Waals surface area (Å²) in [5.41, 5.74) is 4.84. The molecule has 1 aliphatic heterocycles. The molecule has 1 fully saturated rings. The van der Waals surface area contributed by atoms with Crippen LogP contribution in [0.25, 0.3) is 11.0 Å². The molecule has 1 aliphatic rings. The van der Waals surface area contributed by atoms with Crippen LogP contribution in [0.1, 0.15) is 23.2 Å². The van der Waals surface area contributed by atoms with E-state index in [0.29, 0.717) is 25.4 Å². The summed E-state index contributed by atoms with van der Waals surface area (Å²) in [6.07, 6.45) is 0.820. The number of nitrogens with zero attached hydrogens (tertiary/aromatic N) is 5. The molecule has 0 bridgehead atoms. The number of anilines is 1. The lowest BCUT2D eigenvalue weighted by molar-refractivity contribution is -0.133. The Balaban J connectivity index is 1.29. The van der Waals surface area contributed by atoms with Crippen LogP contribution in [0.2, 0.25) is 0 Å². The first-order valence-electron chi connectivity index (χ1n) is 11.6. The zero-order valence-electron chi connectivity index (χ0n) is 20.3. The normalized spacial score (nSPS) is 13.9. The van der Waals surface area contributed by atoms with E-state index in [1.54, 1.807) is 11.8 Å². The Morgan fingerprint density at radius 3 is 2.47 bits per heavy atom. The number of para-hydroxylation sites is 1. The number of hydrogen-bond acceptors (Lipinski definition) is 6. The molecule has 9 heteroatoms. The quantitative estimate of drug-likeness (QED) is 0.575. The zero-order chi connectivity index (χ0) is 24.2. The van der Waals surface area contributed by atoms with E-state index in [1.165, 1.54) is 5.69 Å². The van der Waals surface area contributed by atoms with E-state index in [9.17, 15) is 9.59 Å². The van der Waals surface area contributed by atoms with E-state index < -0.39 is 0 Å². The van der Waals surface area contributed by atoms with Crippen molar-refractivity contribution in [3.05, 3.63) is 47.2 Å². The number of fused-ring (bicyclic) bond motifs is 1. The molecule has 0 radical (unpaired) electrons. The van der Waals surface area contributed by atoms with Crippen LogP contribution in [-0.2, 0) is 23.1 Å². The van der Waals surface area contributed by atoms with Crippen molar-refractivity contribution in [2.24, 2.45) is 7.05 Å². The molecular weight excluding hydrogens is 432 g/mol. The number of nitrogens with one attached hydrogen (secondary N) is 1. The summed E-state index contributed by atoms with van der Waals surface area (Å²) in [5, 5.41) is 8.03. The van der Waals surface area contributed by atoms with Crippen molar-refractivity contribution >= 4 is 28.5 Å². The van der Waals surface area contributed by atoms with Crippen molar-refractivity contribution in [1.29, 1.82) is 0 Å². The standard InChI is InChI=1S/C25H32N6O3/c1-17-20(18(2)27-24-23(17)25(34-4)28-29(24)3)10-11-21(32)26-16-22(33)31-14-12-30(13-15-31)19-8-6-5-7-9-19/h5-9H,10-16H2,1-4H3,(H,26,32). The molecule has 3 heterocycles. The minimum atomic E-state index is -0.145. The van der Waals surface area contributed by atoms with Gasteiger partial charge >= 0.3 is 0 Å². The van der Waals surface area contributed by atoms with Crippen LogP contribution in [0.3, 0.4) is 0 Å². The molecule has 34 heavy (non-hydrogen) atoms. The lowest BCUT2D eigenvalue weighted by Crippen LogP contribution is -2.51. The zero-order valence-corrected chi connectivity index (χ0v) is 20.3. The van der Waals surface area contributed by atoms with E-state index in [-0.39, 0.29) is 24.8 Å². The van der Waals surface area contributed by atoms with Gasteiger partial charge in [0.15, 0.2) is 5.65 Å². The number of carbonyl (C=O) groups excluding carboxylic acids is 2. The highest BCUT2D eigenvalue weighted by atomic mass is 16.5.